The van der Waals surface area contributed by atoms with E-state index in [1.807, 2.05) is 0 Å². The topological polar surface area (TPSA) is 30.5 Å². The van der Waals surface area contributed by atoms with E-state index in [9.17, 15) is 0 Å². The molecule has 0 heterocycles. The molecule has 0 aliphatic carbocycles. The van der Waals surface area contributed by atoms with Gasteiger partial charge in [-0.05, 0) is 31.9 Å². The first-order chi connectivity index (χ1) is 8.15. The smallest absolute Gasteiger partial charge is 0.125 e. The lowest BCUT2D eigenvalue weighted by Gasteiger charge is -2.18. The molecular formula is C14H23NO2. The quantitative estimate of drug-likeness (QED) is 0.738. The van der Waals surface area contributed by atoms with E-state index in [2.05, 4.69) is 44.3 Å². The second kappa shape index (κ2) is 7.30. The summed E-state index contributed by atoms with van der Waals surface area (Å²) in [6.45, 7) is 8.65. The monoisotopic (exact) mass is 237 g/mol. The van der Waals surface area contributed by atoms with Crippen LogP contribution in [0.3, 0.4) is 0 Å². The Kier molecular flexibility index (Phi) is 6.01. The van der Waals surface area contributed by atoms with E-state index >= 15 is 0 Å². The summed E-state index contributed by atoms with van der Waals surface area (Å²) in [6, 6.07) is 6.21. The van der Waals surface area contributed by atoms with Crippen LogP contribution < -0.4 is 10.1 Å². The molecule has 1 aromatic carbocycles. The van der Waals surface area contributed by atoms with Crippen molar-refractivity contribution in [2.75, 3.05) is 26.8 Å². The van der Waals surface area contributed by atoms with Gasteiger partial charge in [0.05, 0.1) is 6.61 Å². The Balaban J connectivity index is 2.42. The highest BCUT2D eigenvalue weighted by atomic mass is 16.5. The van der Waals surface area contributed by atoms with E-state index in [1.165, 1.54) is 11.1 Å². The van der Waals surface area contributed by atoms with E-state index in [0.717, 1.165) is 25.4 Å². The van der Waals surface area contributed by atoms with E-state index in [-0.39, 0.29) is 6.10 Å². The van der Waals surface area contributed by atoms with Crippen molar-refractivity contribution in [1.82, 2.24) is 5.32 Å². The van der Waals surface area contributed by atoms with Crippen LogP contribution in [0.2, 0.25) is 0 Å². The molecule has 0 bridgehead atoms. The van der Waals surface area contributed by atoms with Crippen molar-refractivity contribution in [1.29, 1.82) is 0 Å². The third kappa shape index (κ3) is 4.75. The van der Waals surface area contributed by atoms with Crippen LogP contribution in [0.15, 0.2) is 18.2 Å². The lowest BCUT2D eigenvalue weighted by atomic mass is 10.1. The summed E-state index contributed by atoms with van der Waals surface area (Å²) in [7, 11) is 1.71. The third-order valence-electron chi connectivity index (χ3n) is 2.64. The van der Waals surface area contributed by atoms with Gasteiger partial charge in [-0.2, -0.15) is 0 Å². The lowest BCUT2D eigenvalue weighted by molar-refractivity contribution is 0.183. The van der Waals surface area contributed by atoms with Gasteiger partial charge >= 0.3 is 0 Å². The normalized spacial score (nSPS) is 12.5. The lowest BCUT2D eigenvalue weighted by Crippen LogP contribution is -2.31. The zero-order chi connectivity index (χ0) is 12.7. The fourth-order valence-corrected chi connectivity index (χ4v) is 1.71. The molecule has 1 rings (SSSR count). The number of nitrogens with one attached hydrogen (secondary N) is 1. The molecule has 0 aromatic heterocycles. The Hall–Kier alpha value is -1.06. The van der Waals surface area contributed by atoms with Crippen LogP contribution in [-0.4, -0.2) is 32.9 Å². The van der Waals surface area contributed by atoms with Crippen LogP contribution in [-0.2, 0) is 4.74 Å². The van der Waals surface area contributed by atoms with Crippen LogP contribution in [0, 0.1) is 13.8 Å². The van der Waals surface area contributed by atoms with Gasteiger partial charge in [0.15, 0.2) is 0 Å². The van der Waals surface area contributed by atoms with E-state index in [0.29, 0.717) is 0 Å². The standard InChI is InChI=1S/C14H23NO2/c1-11-6-5-7-12(2)14(11)17-13(3)10-15-8-9-16-4/h5-7,13,15H,8-10H2,1-4H3. The van der Waals surface area contributed by atoms with Crippen LogP contribution in [0.5, 0.6) is 5.75 Å². The SMILES string of the molecule is COCCNCC(C)Oc1c(C)cccc1C. The maximum absolute atomic E-state index is 5.95. The molecule has 3 nitrogen and oxygen atoms in total. The molecule has 0 spiro atoms. The molecule has 1 aromatic rings. The molecule has 0 fully saturated rings. The second-order valence-electron chi connectivity index (χ2n) is 4.35. The Bertz CT molecular complexity index is 319. The van der Waals surface area contributed by atoms with E-state index in [1.54, 1.807) is 7.11 Å². The van der Waals surface area contributed by atoms with E-state index in [4.69, 9.17) is 9.47 Å². The number of benzene rings is 1. The minimum Gasteiger partial charge on any atom is -0.489 e. The minimum absolute atomic E-state index is 0.159. The first kappa shape index (κ1) is 14.0. The second-order valence-corrected chi connectivity index (χ2v) is 4.35. The van der Waals surface area contributed by atoms with Gasteiger partial charge in [0.25, 0.3) is 0 Å². The number of hydrogen-bond acceptors (Lipinski definition) is 3. The average molecular weight is 237 g/mol. The summed E-state index contributed by atoms with van der Waals surface area (Å²) in [5.74, 6) is 1.01. The highest BCUT2D eigenvalue weighted by molar-refractivity contribution is 5.39. The van der Waals surface area contributed by atoms with Gasteiger partial charge < -0.3 is 14.8 Å². The Morgan fingerprint density at radius 1 is 1.24 bits per heavy atom. The fourth-order valence-electron chi connectivity index (χ4n) is 1.71. The molecule has 0 aliphatic rings. The molecule has 0 aliphatic heterocycles. The van der Waals surface area contributed by atoms with Crippen molar-refractivity contribution in [3.8, 4) is 5.75 Å². The molecule has 0 radical (unpaired) electrons. The van der Waals surface area contributed by atoms with E-state index < -0.39 is 0 Å². The molecule has 0 saturated heterocycles. The summed E-state index contributed by atoms with van der Waals surface area (Å²) in [4.78, 5) is 0. The predicted octanol–water partition coefficient (Wildman–Crippen LogP) is 2.31. The largest absolute Gasteiger partial charge is 0.489 e. The Morgan fingerprint density at radius 2 is 1.88 bits per heavy atom. The van der Waals surface area contributed by atoms with Gasteiger partial charge in [-0.1, -0.05) is 18.2 Å². The molecule has 1 atom stereocenters. The minimum atomic E-state index is 0.159. The average Bonchev–Trinajstić information content (AvgIpc) is 2.30. The first-order valence-electron chi connectivity index (χ1n) is 6.07. The van der Waals surface area contributed by atoms with Crippen LogP contribution in [0.4, 0.5) is 0 Å². The first-order valence-corrected chi connectivity index (χ1v) is 6.07. The van der Waals surface area contributed by atoms with Crippen molar-refractivity contribution >= 4 is 0 Å². The van der Waals surface area contributed by atoms with Crippen molar-refractivity contribution in [3.63, 3.8) is 0 Å². The van der Waals surface area contributed by atoms with Gasteiger partial charge in [0.2, 0.25) is 0 Å². The molecule has 0 amide bonds. The number of rotatable bonds is 7. The van der Waals surface area contributed by atoms with Gasteiger partial charge in [-0.15, -0.1) is 0 Å². The van der Waals surface area contributed by atoms with Crippen LogP contribution >= 0.6 is 0 Å². The van der Waals surface area contributed by atoms with Crippen LogP contribution in [0.25, 0.3) is 0 Å². The van der Waals surface area contributed by atoms with Gasteiger partial charge in [0.1, 0.15) is 11.9 Å². The number of para-hydroxylation sites is 1. The van der Waals surface area contributed by atoms with Crippen molar-refractivity contribution < 1.29 is 9.47 Å². The summed E-state index contributed by atoms with van der Waals surface area (Å²) in [6.07, 6.45) is 0.159. The number of aryl methyl sites for hydroxylation is 2. The summed E-state index contributed by atoms with van der Waals surface area (Å²) >= 11 is 0. The van der Waals surface area contributed by atoms with Crippen molar-refractivity contribution in [2.45, 2.75) is 26.9 Å². The maximum atomic E-state index is 5.95. The van der Waals surface area contributed by atoms with Gasteiger partial charge in [0, 0.05) is 20.2 Å². The number of hydrogen-bond donors (Lipinski definition) is 1. The van der Waals surface area contributed by atoms with Crippen molar-refractivity contribution in [2.24, 2.45) is 0 Å². The van der Waals surface area contributed by atoms with Gasteiger partial charge in [-0.3, -0.25) is 0 Å². The summed E-state index contributed by atoms with van der Waals surface area (Å²) in [5.41, 5.74) is 2.38. The van der Waals surface area contributed by atoms with Crippen molar-refractivity contribution in [3.05, 3.63) is 29.3 Å². The molecular weight excluding hydrogens is 214 g/mol. The summed E-state index contributed by atoms with van der Waals surface area (Å²) < 4.78 is 10.9. The Labute approximate surface area is 104 Å². The third-order valence-corrected chi connectivity index (χ3v) is 2.64. The fraction of sp³-hybridized carbons (Fsp3) is 0.571. The zero-order valence-corrected chi connectivity index (χ0v) is 11.2. The van der Waals surface area contributed by atoms with Crippen LogP contribution in [0.1, 0.15) is 18.1 Å². The molecule has 1 N–H and O–H groups in total. The molecule has 96 valence electrons. The Morgan fingerprint density at radius 3 is 2.47 bits per heavy atom. The number of methoxy groups -OCH3 is 1. The predicted molar refractivity (Wildman–Crippen MR) is 70.8 cm³/mol. The number of ether oxygens (including phenoxy) is 2. The highest BCUT2D eigenvalue weighted by Gasteiger charge is 2.08. The molecule has 3 heteroatoms. The van der Waals surface area contributed by atoms with Gasteiger partial charge in [-0.25, -0.2) is 0 Å². The molecule has 0 saturated carbocycles. The highest BCUT2D eigenvalue weighted by Crippen LogP contribution is 2.23. The summed E-state index contributed by atoms with van der Waals surface area (Å²) in [5, 5.41) is 3.30. The molecule has 1 unspecified atom stereocenters. The zero-order valence-electron chi connectivity index (χ0n) is 11.2. The maximum Gasteiger partial charge on any atom is 0.125 e. The molecule has 17 heavy (non-hydrogen) atoms.